The number of amides is 1. The molecule has 0 spiro atoms. The number of carbonyl (C=O) groups excluding carboxylic acids is 1. The third-order valence-electron chi connectivity index (χ3n) is 3.12. The zero-order chi connectivity index (χ0) is 13.1. The van der Waals surface area contributed by atoms with Crippen molar-refractivity contribution in [1.29, 1.82) is 0 Å². The van der Waals surface area contributed by atoms with Crippen molar-refractivity contribution in [1.82, 2.24) is 9.80 Å². The number of likely N-dealkylation sites (N-methyl/N-ethyl adjacent to an activating group) is 1. The molecule has 0 bridgehead atoms. The molecule has 0 unspecified atom stereocenters. The molecule has 0 N–H and O–H groups in total. The van der Waals surface area contributed by atoms with Crippen molar-refractivity contribution in [2.24, 2.45) is 0 Å². The second kappa shape index (κ2) is 5.67. The second-order valence-corrected chi connectivity index (χ2v) is 5.04. The maximum absolute atomic E-state index is 13.2. The molecule has 1 aliphatic rings. The summed E-state index contributed by atoms with van der Waals surface area (Å²) in [5.74, 6) is -0.621. The summed E-state index contributed by atoms with van der Waals surface area (Å²) < 4.78 is 13.2. The van der Waals surface area contributed by atoms with Gasteiger partial charge in [-0.15, -0.1) is 0 Å². The van der Waals surface area contributed by atoms with Gasteiger partial charge in [-0.25, -0.2) is 4.39 Å². The molecule has 3 nitrogen and oxygen atoms in total. The Bertz CT molecular complexity index is 432. The van der Waals surface area contributed by atoms with E-state index in [0.29, 0.717) is 18.7 Å². The third-order valence-corrected chi connectivity index (χ3v) is 3.33. The van der Waals surface area contributed by atoms with Gasteiger partial charge in [-0.05, 0) is 38.2 Å². The van der Waals surface area contributed by atoms with Crippen molar-refractivity contribution < 1.29 is 9.18 Å². The van der Waals surface area contributed by atoms with E-state index in [4.69, 9.17) is 11.6 Å². The lowest BCUT2D eigenvalue weighted by atomic mass is 10.2. The third kappa shape index (κ3) is 3.21. The van der Waals surface area contributed by atoms with Gasteiger partial charge < -0.3 is 9.80 Å². The summed E-state index contributed by atoms with van der Waals surface area (Å²) in [5, 5.41) is 0.255. The number of rotatable bonds is 1. The van der Waals surface area contributed by atoms with Gasteiger partial charge >= 0.3 is 0 Å². The van der Waals surface area contributed by atoms with Gasteiger partial charge in [0.15, 0.2) is 0 Å². The molecule has 0 saturated carbocycles. The smallest absolute Gasteiger partial charge is 0.254 e. The Morgan fingerprint density at radius 1 is 1.22 bits per heavy atom. The van der Waals surface area contributed by atoms with Crippen LogP contribution < -0.4 is 0 Å². The fraction of sp³-hybridized carbons (Fsp3) is 0.462. The molecular weight excluding hydrogens is 255 g/mol. The van der Waals surface area contributed by atoms with E-state index in [-0.39, 0.29) is 10.9 Å². The van der Waals surface area contributed by atoms with Crippen molar-refractivity contribution >= 4 is 17.5 Å². The van der Waals surface area contributed by atoms with Crippen LogP contribution in [-0.2, 0) is 0 Å². The molecule has 5 heteroatoms. The minimum atomic E-state index is -0.474. The highest BCUT2D eigenvalue weighted by molar-refractivity contribution is 6.31. The van der Waals surface area contributed by atoms with E-state index in [1.807, 2.05) is 7.05 Å². The van der Waals surface area contributed by atoms with Gasteiger partial charge in [0, 0.05) is 30.2 Å². The van der Waals surface area contributed by atoms with Crippen molar-refractivity contribution in [3.63, 3.8) is 0 Å². The molecule has 0 aliphatic carbocycles. The van der Waals surface area contributed by atoms with Crippen molar-refractivity contribution in [3.05, 3.63) is 34.6 Å². The summed E-state index contributed by atoms with van der Waals surface area (Å²) in [7, 11) is 2.03. The van der Waals surface area contributed by atoms with E-state index in [0.717, 1.165) is 19.5 Å². The van der Waals surface area contributed by atoms with Crippen LogP contribution in [0.25, 0.3) is 0 Å². The van der Waals surface area contributed by atoms with E-state index in [2.05, 4.69) is 4.90 Å². The average molecular weight is 271 g/mol. The quantitative estimate of drug-likeness (QED) is 0.782. The normalized spacial score (nSPS) is 17.6. The first kappa shape index (κ1) is 13.3. The fourth-order valence-electron chi connectivity index (χ4n) is 2.11. The zero-order valence-electron chi connectivity index (χ0n) is 10.3. The van der Waals surface area contributed by atoms with Gasteiger partial charge in [-0.2, -0.15) is 0 Å². The van der Waals surface area contributed by atoms with Crippen LogP contribution >= 0.6 is 11.6 Å². The maximum Gasteiger partial charge on any atom is 0.254 e. The Morgan fingerprint density at radius 3 is 2.72 bits per heavy atom. The van der Waals surface area contributed by atoms with Crippen LogP contribution in [0.3, 0.4) is 0 Å². The highest BCUT2D eigenvalue weighted by Crippen LogP contribution is 2.16. The first-order valence-electron chi connectivity index (χ1n) is 6.00. The summed E-state index contributed by atoms with van der Waals surface area (Å²) in [6.45, 7) is 3.20. The molecule has 18 heavy (non-hydrogen) atoms. The van der Waals surface area contributed by atoms with Crippen LogP contribution in [0, 0.1) is 5.82 Å². The van der Waals surface area contributed by atoms with Gasteiger partial charge in [-0.3, -0.25) is 4.79 Å². The number of nitrogens with zero attached hydrogens (tertiary/aromatic N) is 2. The van der Waals surface area contributed by atoms with Gasteiger partial charge in [0.05, 0.1) is 0 Å². The molecule has 1 amide bonds. The molecule has 1 aromatic rings. The van der Waals surface area contributed by atoms with Gasteiger partial charge in [0.2, 0.25) is 0 Å². The van der Waals surface area contributed by atoms with E-state index in [9.17, 15) is 9.18 Å². The first-order chi connectivity index (χ1) is 8.56. The Labute approximate surface area is 111 Å². The molecule has 2 rings (SSSR count). The summed E-state index contributed by atoms with van der Waals surface area (Å²) in [5.41, 5.74) is 0.324. The molecule has 1 aromatic carbocycles. The molecule has 1 fully saturated rings. The summed E-state index contributed by atoms with van der Waals surface area (Å²) in [6.07, 6.45) is 0.936. The van der Waals surface area contributed by atoms with E-state index >= 15 is 0 Å². The zero-order valence-corrected chi connectivity index (χ0v) is 11.1. The second-order valence-electron chi connectivity index (χ2n) is 4.61. The van der Waals surface area contributed by atoms with Crippen molar-refractivity contribution in [2.45, 2.75) is 6.42 Å². The first-order valence-corrected chi connectivity index (χ1v) is 6.38. The maximum atomic E-state index is 13.2. The molecule has 0 aromatic heterocycles. The summed E-state index contributed by atoms with van der Waals surface area (Å²) in [4.78, 5) is 16.2. The van der Waals surface area contributed by atoms with Crippen LogP contribution in [0.1, 0.15) is 16.8 Å². The highest BCUT2D eigenvalue weighted by atomic mass is 35.5. The number of carbonyl (C=O) groups is 1. The Kier molecular flexibility index (Phi) is 4.19. The minimum Gasteiger partial charge on any atom is -0.337 e. The molecule has 1 saturated heterocycles. The lowest BCUT2D eigenvalue weighted by Gasteiger charge is -2.20. The van der Waals surface area contributed by atoms with Crippen molar-refractivity contribution in [2.75, 3.05) is 33.2 Å². The Morgan fingerprint density at radius 2 is 2.00 bits per heavy atom. The number of benzene rings is 1. The number of hydrogen-bond donors (Lipinski definition) is 0. The predicted molar refractivity (Wildman–Crippen MR) is 69.4 cm³/mol. The van der Waals surface area contributed by atoms with E-state index in [1.165, 1.54) is 18.2 Å². The monoisotopic (exact) mass is 270 g/mol. The van der Waals surface area contributed by atoms with E-state index in [1.54, 1.807) is 4.90 Å². The summed E-state index contributed by atoms with van der Waals surface area (Å²) in [6, 6.07) is 3.96. The van der Waals surface area contributed by atoms with Gasteiger partial charge in [0.25, 0.3) is 5.91 Å². The van der Waals surface area contributed by atoms with Gasteiger partial charge in [0.1, 0.15) is 5.82 Å². The average Bonchev–Trinajstić information content (AvgIpc) is 2.52. The van der Waals surface area contributed by atoms with Crippen LogP contribution in [0.5, 0.6) is 0 Å². The number of hydrogen-bond acceptors (Lipinski definition) is 2. The fourth-order valence-corrected chi connectivity index (χ4v) is 2.33. The lowest BCUT2D eigenvalue weighted by Crippen LogP contribution is -2.34. The van der Waals surface area contributed by atoms with Crippen LogP contribution in [0.2, 0.25) is 5.02 Å². The topological polar surface area (TPSA) is 23.6 Å². The SMILES string of the molecule is CN1CCCN(C(=O)c2cc(F)cc(Cl)c2)CC1. The molecular formula is C13H16ClFN2O. The molecule has 98 valence electrons. The summed E-state index contributed by atoms with van der Waals surface area (Å²) >= 11 is 5.77. The largest absolute Gasteiger partial charge is 0.337 e. The molecule has 0 radical (unpaired) electrons. The lowest BCUT2D eigenvalue weighted by molar-refractivity contribution is 0.0762. The molecule has 0 atom stereocenters. The van der Waals surface area contributed by atoms with Crippen LogP contribution in [0.15, 0.2) is 18.2 Å². The number of halogens is 2. The van der Waals surface area contributed by atoms with Crippen molar-refractivity contribution in [3.8, 4) is 0 Å². The standard InChI is InChI=1S/C13H16ClFN2O/c1-16-3-2-4-17(6-5-16)13(18)10-7-11(14)9-12(15)8-10/h7-9H,2-6H2,1H3. The molecule has 1 aliphatic heterocycles. The van der Waals surface area contributed by atoms with Gasteiger partial charge in [-0.1, -0.05) is 11.6 Å². The molecule has 1 heterocycles. The van der Waals surface area contributed by atoms with Crippen LogP contribution in [-0.4, -0.2) is 48.9 Å². The highest BCUT2D eigenvalue weighted by Gasteiger charge is 2.19. The predicted octanol–water partition coefficient (Wildman–Crippen LogP) is 2.26. The Hall–Kier alpha value is -1.13. The van der Waals surface area contributed by atoms with E-state index < -0.39 is 5.82 Å². The minimum absolute atomic E-state index is 0.147. The Balaban J connectivity index is 2.14. The van der Waals surface area contributed by atoms with Crippen LogP contribution in [0.4, 0.5) is 4.39 Å².